The summed E-state index contributed by atoms with van der Waals surface area (Å²) < 4.78 is 34.2. The molecule has 5 atom stereocenters. The lowest BCUT2D eigenvalue weighted by molar-refractivity contribution is -0.362. The average molecular weight is 1620 g/mol. The Morgan fingerprint density at radius 1 is 0.607 bits per heavy atom. The highest BCUT2D eigenvalue weighted by Crippen LogP contribution is 2.35. The molecule has 0 saturated carbocycles. The number of hydrogen-bond acceptors (Lipinski definition) is 14. The number of nitrogens with one attached hydrogen (secondary N) is 8. The third kappa shape index (κ3) is 34.4. The van der Waals surface area contributed by atoms with Gasteiger partial charge in [-0.1, -0.05) is 146 Å². The lowest BCUT2D eigenvalue weighted by Gasteiger charge is -2.30. The number of fused-ring (bicyclic) bond motifs is 2. The van der Waals surface area contributed by atoms with E-state index < -0.39 is 97.5 Å². The summed E-state index contributed by atoms with van der Waals surface area (Å²) in [5, 5.41) is 22.2. The Balaban J connectivity index is 1.18. The van der Waals surface area contributed by atoms with Crippen LogP contribution in [0.2, 0.25) is 0 Å². The zero-order valence-electron chi connectivity index (χ0n) is 68.6. The molecule has 4 aliphatic heterocycles. The number of halogens is 2. The molecule has 0 aromatic carbocycles. The van der Waals surface area contributed by atoms with Gasteiger partial charge >= 0.3 is 6.97 Å². The Morgan fingerprint density at radius 2 is 1.19 bits per heavy atom. The summed E-state index contributed by atoms with van der Waals surface area (Å²) in [4.78, 5) is 152. The Bertz CT molecular complexity index is 3520. The van der Waals surface area contributed by atoms with Crippen LogP contribution in [0.1, 0.15) is 245 Å². The fourth-order valence-corrected chi connectivity index (χ4v) is 16.6. The first-order valence-corrected chi connectivity index (χ1v) is 44.8. The van der Waals surface area contributed by atoms with Crippen LogP contribution in [0.25, 0.3) is 6.08 Å². The quantitative estimate of drug-likeness (QED) is 0.0130. The van der Waals surface area contributed by atoms with Crippen LogP contribution in [0.15, 0.2) is 71.0 Å². The lowest BCUT2D eigenvalue weighted by Crippen LogP contribution is -2.58. The zero-order valence-corrected chi connectivity index (χ0v) is 71.0. The molecule has 624 valence electrons. The van der Waals surface area contributed by atoms with E-state index in [0.717, 1.165) is 76.5 Å². The molecule has 29 heteroatoms. The van der Waals surface area contributed by atoms with Crippen LogP contribution < -0.4 is 42.5 Å². The minimum absolute atomic E-state index is 0.00500. The van der Waals surface area contributed by atoms with E-state index in [0.29, 0.717) is 60.0 Å². The molecule has 23 nitrogen and oxygen atoms in total. The van der Waals surface area contributed by atoms with Gasteiger partial charge in [-0.2, -0.15) is 35.3 Å². The molecule has 112 heavy (non-hydrogen) atoms. The van der Waals surface area contributed by atoms with Gasteiger partial charge in [0.2, 0.25) is 53.2 Å². The largest absolute Gasteiger partial charge is 0.737 e. The maximum Gasteiger partial charge on any atom is 0.737 e. The molecule has 1 aromatic rings. The third-order valence-corrected chi connectivity index (χ3v) is 23.2. The number of nitrogens with zero attached hydrogens (tertiary/aromatic N) is 4. The third-order valence-electron chi connectivity index (χ3n) is 20.4. The van der Waals surface area contributed by atoms with Gasteiger partial charge in [-0.05, 0) is 153 Å². The Labute approximate surface area is 678 Å². The second-order valence-corrected chi connectivity index (χ2v) is 34.0. The number of carbonyl (C=O) groups is 11. The number of amides is 11. The summed E-state index contributed by atoms with van der Waals surface area (Å²) in [5.74, 6) is -3.72. The van der Waals surface area contributed by atoms with Gasteiger partial charge in [0.25, 0.3) is 11.8 Å². The second kappa shape index (κ2) is 52.3. The van der Waals surface area contributed by atoms with Crippen molar-refractivity contribution in [3.05, 3.63) is 88.0 Å². The van der Waals surface area contributed by atoms with Gasteiger partial charge in [0.15, 0.2) is 5.70 Å². The summed E-state index contributed by atoms with van der Waals surface area (Å²) in [6.45, 7) is 13.1. The van der Waals surface area contributed by atoms with Crippen molar-refractivity contribution >= 4 is 119 Å². The Morgan fingerprint density at radius 3 is 1.84 bits per heavy atom. The highest BCUT2D eigenvalue weighted by Gasteiger charge is 2.52. The molecule has 1 fully saturated rings. The topological polar surface area (TPSA) is 298 Å². The fourth-order valence-electron chi connectivity index (χ4n) is 14.1. The van der Waals surface area contributed by atoms with E-state index in [2.05, 4.69) is 95.4 Å². The van der Waals surface area contributed by atoms with E-state index in [1.807, 2.05) is 20.1 Å². The molecule has 0 spiro atoms. The number of carbonyl (C=O) groups excluding carboxylic acids is 11. The smallest absolute Gasteiger partial charge is 0.394 e. The van der Waals surface area contributed by atoms with Gasteiger partial charge in [-0.3, -0.25) is 57.6 Å². The monoisotopic (exact) mass is 1620 g/mol. The van der Waals surface area contributed by atoms with Crippen molar-refractivity contribution in [2.75, 3.05) is 74.3 Å². The van der Waals surface area contributed by atoms with Crippen molar-refractivity contribution in [1.29, 1.82) is 0 Å². The Hall–Kier alpha value is -7.27. The molecule has 0 aliphatic carbocycles. The summed E-state index contributed by atoms with van der Waals surface area (Å²) in [5.41, 5.74) is 6.13. The number of unbranched alkanes of at least 4 members (excludes halogenated alkanes) is 15. The van der Waals surface area contributed by atoms with Gasteiger partial charge in [0, 0.05) is 98.8 Å². The van der Waals surface area contributed by atoms with Crippen molar-refractivity contribution in [1.82, 2.24) is 56.8 Å². The van der Waals surface area contributed by atoms with Crippen LogP contribution in [0.4, 0.5) is 8.63 Å². The SMILES string of the molecule is CCCCCCCCCCCCCCCCSC[C@H](NC(=O)CNC(=O)CCCCCN1C(=O)C=CC1=O)C(=O)N[C@@H](CCSC)C(=O)NCC(=O)N[C@@H](CC(C)C)C(=O)N1CCC[C@H]1C(=O)N[C@@H](CSC/C=C(\C)CC/C=C(\C)CCC=C(C)C)C(=O)NCCNC(=O)CCC1=[N+]2C(=Cc3c(C)cc(C)n3[B-]2(F)F)C=C1. The Kier molecular flexibility index (Phi) is 44.5. The van der Waals surface area contributed by atoms with Gasteiger partial charge in [0.1, 0.15) is 35.9 Å². The fraction of sp³-hybridized carbons (Fsp3) is 0.663. The summed E-state index contributed by atoms with van der Waals surface area (Å²) >= 11 is 4.40. The molecular formula is C83H131BF2N12O11S3. The van der Waals surface area contributed by atoms with Crippen LogP contribution in [0.3, 0.4) is 0 Å². The molecule has 5 heterocycles. The summed E-state index contributed by atoms with van der Waals surface area (Å²) in [6.07, 6.45) is 39.4. The first-order valence-electron chi connectivity index (χ1n) is 41.1. The average Bonchev–Trinajstić information content (AvgIpc) is 1.56. The minimum Gasteiger partial charge on any atom is -0.394 e. The maximum absolute atomic E-state index is 16.1. The number of imide groups is 1. The first-order chi connectivity index (χ1) is 53.6. The number of thioether (sulfide) groups is 3. The van der Waals surface area contributed by atoms with E-state index >= 15 is 8.63 Å². The highest BCUT2D eigenvalue weighted by atomic mass is 32.2. The normalized spacial score (nSPS) is 16.2. The molecular weight excluding hydrogens is 1490 g/mol. The molecule has 8 N–H and O–H groups in total. The molecule has 5 rings (SSSR count). The van der Waals surface area contributed by atoms with Crippen LogP contribution in [0, 0.1) is 19.8 Å². The van der Waals surface area contributed by atoms with Crippen LogP contribution in [-0.2, 0) is 52.7 Å². The lowest BCUT2D eigenvalue weighted by atomic mass is 9.90. The number of hydrogen-bond donors (Lipinski definition) is 8. The molecule has 11 amide bonds. The minimum atomic E-state index is -4.20. The first kappa shape index (κ1) is 95.3. The predicted molar refractivity (Wildman–Crippen MR) is 451 cm³/mol. The van der Waals surface area contributed by atoms with Crippen LogP contribution >= 0.6 is 35.3 Å². The predicted octanol–water partition coefficient (Wildman–Crippen LogP) is 11.5. The van der Waals surface area contributed by atoms with E-state index in [-0.39, 0.29) is 99.8 Å². The van der Waals surface area contributed by atoms with Gasteiger partial charge in [0.05, 0.1) is 13.1 Å². The number of allylic oxidation sites excluding steroid dienone is 7. The maximum atomic E-state index is 16.1. The molecule has 0 unspecified atom stereocenters. The zero-order chi connectivity index (χ0) is 82.0. The van der Waals surface area contributed by atoms with Crippen molar-refractivity contribution in [3.63, 3.8) is 0 Å². The molecule has 0 bridgehead atoms. The number of aromatic nitrogens is 1. The van der Waals surface area contributed by atoms with E-state index in [4.69, 9.17) is 0 Å². The van der Waals surface area contributed by atoms with Gasteiger partial charge in [-0.25, -0.2) is 0 Å². The summed E-state index contributed by atoms with van der Waals surface area (Å²) in [6, 6.07) is -3.65. The standard InChI is InChI=1S/C83H131BF2N12O11S3/c1-11-12-13-14-15-16-17-18-19-20-21-22-23-27-49-111-58-70(92-75(101)55-89-73(99)36-25-24-26-47-96-77(103)41-42-78(96)104)81(107)93-67(44-50-110-10)79(105)90-56-76(102)91-68(52-60(4)5)83(109)95-48-30-35-71(95)82(108)94-69(57-112-51-43-62(7)34-29-33-61(6)32-28-31-59(2)3)80(106)88-46-45-87-74(100)40-39-65-37-38-66-54-72-63(8)53-64(9)97(72)84(85,86)98(65)66/h31,33,37-38,41-43,53-54,60,67-71H,11-30,32,34-36,39-40,44-52,55-58H2,1-10H3,(H,87,100)(H,88,106)(H,89,99)(H,90,105)(H,91,102)(H,92,101)(H,93,107)(H,94,108)/b61-33+,62-43+/t67-,68-,69-,70-,71-/m0/s1. The van der Waals surface area contributed by atoms with Crippen molar-refractivity contribution in [2.45, 2.75) is 272 Å². The van der Waals surface area contributed by atoms with E-state index in [1.54, 1.807) is 38.1 Å². The van der Waals surface area contributed by atoms with Gasteiger partial charge < -0.3 is 65.0 Å². The van der Waals surface area contributed by atoms with Gasteiger partial charge in [-0.15, -0.1) is 0 Å². The molecule has 4 aliphatic rings. The second-order valence-electron chi connectivity index (χ2n) is 30.8. The van der Waals surface area contributed by atoms with Crippen LogP contribution in [0.5, 0.6) is 0 Å². The van der Waals surface area contributed by atoms with Crippen molar-refractivity contribution < 1.29 is 65.9 Å². The summed E-state index contributed by atoms with van der Waals surface area (Å²) in [7, 11) is 0. The number of aryl methyl sites for hydroxylation is 2. The van der Waals surface area contributed by atoms with Crippen LogP contribution in [-0.4, -0.2) is 201 Å². The number of likely N-dealkylation sites (tertiary alicyclic amines) is 1. The van der Waals surface area contributed by atoms with E-state index in [9.17, 15) is 52.7 Å². The number of rotatable bonds is 57. The molecule has 1 saturated heterocycles. The molecule has 1 aromatic heterocycles. The highest BCUT2D eigenvalue weighted by molar-refractivity contribution is 7.99. The van der Waals surface area contributed by atoms with Crippen molar-refractivity contribution in [3.8, 4) is 0 Å². The van der Waals surface area contributed by atoms with E-state index in [1.165, 1.54) is 133 Å². The van der Waals surface area contributed by atoms with Crippen molar-refractivity contribution in [2.24, 2.45) is 5.92 Å². The molecule has 0 radical (unpaired) electrons.